The number of aromatic nitrogens is 1. The van der Waals surface area contributed by atoms with Crippen molar-refractivity contribution in [2.75, 3.05) is 36.9 Å². The van der Waals surface area contributed by atoms with Crippen LogP contribution in [0, 0.1) is 6.92 Å². The molecule has 2 aromatic rings. The highest BCUT2D eigenvalue weighted by Crippen LogP contribution is 2.32. The molecule has 90 valence electrons. The number of ether oxygens (including phenoxy) is 1. The van der Waals surface area contributed by atoms with E-state index in [9.17, 15) is 0 Å². The van der Waals surface area contributed by atoms with E-state index >= 15 is 0 Å². The van der Waals surface area contributed by atoms with E-state index in [1.807, 2.05) is 12.1 Å². The Labute approximate surface area is 104 Å². The third-order valence-electron chi connectivity index (χ3n) is 2.98. The highest BCUT2D eigenvalue weighted by molar-refractivity contribution is 7.22. The van der Waals surface area contributed by atoms with Crippen LogP contribution in [0.25, 0.3) is 10.2 Å². The first-order valence-electron chi connectivity index (χ1n) is 5.73. The maximum Gasteiger partial charge on any atom is 0.186 e. The number of anilines is 2. The van der Waals surface area contributed by atoms with E-state index in [-0.39, 0.29) is 0 Å². The fourth-order valence-electron chi connectivity index (χ4n) is 2.10. The summed E-state index contributed by atoms with van der Waals surface area (Å²) in [6, 6.07) is 3.98. The van der Waals surface area contributed by atoms with Crippen LogP contribution in [0.3, 0.4) is 0 Å². The number of hydrogen-bond acceptors (Lipinski definition) is 5. The number of morpholine rings is 1. The Morgan fingerprint density at radius 1 is 1.35 bits per heavy atom. The molecule has 17 heavy (non-hydrogen) atoms. The molecule has 3 rings (SSSR count). The summed E-state index contributed by atoms with van der Waals surface area (Å²) in [7, 11) is 0. The highest BCUT2D eigenvalue weighted by atomic mass is 32.1. The zero-order chi connectivity index (χ0) is 11.8. The number of aryl methyl sites for hydroxylation is 1. The van der Waals surface area contributed by atoms with Gasteiger partial charge in [0.2, 0.25) is 0 Å². The molecule has 1 aromatic carbocycles. The van der Waals surface area contributed by atoms with Crippen molar-refractivity contribution in [3.63, 3.8) is 0 Å². The molecule has 0 spiro atoms. The monoisotopic (exact) mass is 249 g/mol. The summed E-state index contributed by atoms with van der Waals surface area (Å²) < 4.78 is 6.52. The fourth-order valence-corrected chi connectivity index (χ4v) is 3.25. The number of nitrogens with zero attached hydrogens (tertiary/aromatic N) is 2. The summed E-state index contributed by atoms with van der Waals surface area (Å²) >= 11 is 1.71. The third kappa shape index (κ3) is 1.96. The Kier molecular flexibility index (Phi) is 2.64. The minimum absolute atomic E-state index is 0.789. The standard InChI is InChI=1S/C12H15N3OS/c1-8-6-9(13)7-10-11(8)14-12(17-10)15-2-4-16-5-3-15/h6-7H,2-5,13H2,1H3. The first kappa shape index (κ1) is 10.8. The quantitative estimate of drug-likeness (QED) is 0.786. The van der Waals surface area contributed by atoms with Gasteiger partial charge in [0.05, 0.1) is 23.4 Å². The maximum atomic E-state index is 5.86. The average Bonchev–Trinajstić information content (AvgIpc) is 2.74. The van der Waals surface area contributed by atoms with Crippen LogP contribution in [0.5, 0.6) is 0 Å². The zero-order valence-electron chi connectivity index (χ0n) is 9.77. The van der Waals surface area contributed by atoms with E-state index in [2.05, 4.69) is 11.8 Å². The summed E-state index contributed by atoms with van der Waals surface area (Å²) in [5.74, 6) is 0. The second-order valence-electron chi connectivity index (χ2n) is 4.28. The molecule has 1 aromatic heterocycles. The lowest BCUT2D eigenvalue weighted by atomic mass is 10.2. The fraction of sp³-hybridized carbons (Fsp3) is 0.417. The van der Waals surface area contributed by atoms with Gasteiger partial charge in [-0.05, 0) is 24.6 Å². The summed E-state index contributed by atoms with van der Waals surface area (Å²) in [6.45, 7) is 5.48. The van der Waals surface area contributed by atoms with Crippen LogP contribution in [-0.2, 0) is 4.74 Å². The molecule has 0 atom stereocenters. The molecule has 5 heteroatoms. The van der Waals surface area contributed by atoms with Gasteiger partial charge in [0.1, 0.15) is 0 Å². The van der Waals surface area contributed by atoms with Crippen molar-refractivity contribution < 1.29 is 4.74 Å². The molecule has 0 aliphatic carbocycles. The van der Waals surface area contributed by atoms with E-state index in [4.69, 9.17) is 15.5 Å². The predicted octanol–water partition coefficient (Wildman–Crippen LogP) is 2.02. The molecule has 2 heterocycles. The van der Waals surface area contributed by atoms with Crippen LogP contribution < -0.4 is 10.6 Å². The van der Waals surface area contributed by atoms with Crippen LogP contribution in [0.2, 0.25) is 0 Å². The van der Waals surface area contributed by atoms with Gasteiger partial charge < -0.3 is 15.4 Å². The molecule has 1 aliphatic heterocycles. The normalized spacial score (nSPS) is 16.6. The minimum atomic E-state index is 0.789. The largest absolute Gasteiger partial charge is 0.399 e. The summed E-state index contributed by atoms with van der Waals surface area (Å²) in [5, 5.41) is 1.08. The summed E-state index contributed by atoms with van der Waals surface area (Å²) in [5.41, 5.74) is 8.89. The predicted molar refractivity (Wildman–Crippen MR) is 71.8 cm³/mol. The van der Waals surface area contributed by atoms with E-state index < -0.39 is 0 Å². The molecule has 0 bridgehead atoms. The molecule has 0 amide bonds. The van der Waals surface area contributed by atoms with Gasteiger partial charge in [0.25, 0.3) is 0 Å². The lowest BCUT2D eigenvalue weighted by molar-refractivity contribution is 0.122. The van der Waals surface area contributed by atoms with Gasteiger partial charge in [-0.3, -0.25) is 0 Å². The molecule has 1 aliphatic rings. The molecule has 4 nitrogen and oxygen atoms in total. The number of nitrogen functional groups attached to an aromatic ring is 1. The van der Waals surface area contributed by atoms with Crippen LogP contribution in [0.1, 0.15) is 5.56 Å². The lowest BCUT2D eigenvalue weighted by Gasteiger charge is -2.25. The first-order chi connectivity index (χ1) is 8.24. The van der Waals surface area contributed by atoms with E-state index in [1.54, 1.807) is 11.3 Å². The van der Waals surface area contributed by atoms with Gasteiger partial charge in [-0.15, -0.1) is 0 Å². The molecule has 1 saturated heterocycles. The first-order valence-corrected chi connectivity index (χ1v) is 6.55. The number of rotatable bonds is 1. The number of benzene rings is 1. The number of thiazole rings is 1. The Bertz CT molecular complexity index is 546. The van der Waals surface area contributed by atoms with Gasteiger partial charge in [-0.25, -0.2) is 4.98 Å². The maximum absolute atomic E-state index is 5.86. The highest BCUT2D eigenvalue weighted by Gasteiger charge is 2.16. The summed E-state index contributed by atoms with van der Waals surface area (Å²) in [4.78, 5) is 6.99. The molecular formula is C12H15N3OS. The number of hydrogen-bond donors (Lipinski definition) is 1. The van der Waals surface area contributed by atoms with Gasteiger partial charge >= 0.3 is 0 Å². The van der Waals surface area contributed by atoms with Crippen molar-refractivity contribution in [1.82, 2.24) is 4.98 Å². The van der Waals surface area contributed by atoms with Crippen molar-refractivity contribution in [3.8, 4) is 0 Å². The van der Waals surface area contributed by atoms with Crippen LogP contribution >= 0.6 is 11.3 Å². The van der Waals surface area contributed by atoms with Crippen LogP contribution in [-0.4, -0.2) is 31.3 Å². The molecule has 1 fully saturated rings. The van der Waals surface area contributed by atoms with E-state index in [0.29, 0.717) is 0 Å². The smallest absolute Gasteiger partial charge is 0.186 e. The van der Waals surface area contributed by atoms with Gasteiger partial charge in [-0.1, -0.05) is 11.3 Å². The molecular weight excluding hydrogens is 234 g/mol. The van der Waals surface area contributed by atoms with E-state index in [0.717, 1.165) is 48.2 Å². The Hall–Kier alpha value is -1.33. The lowest BCUT2D eigenvalue weighted by Crippen LogP contribution is -2.36. The van der Waals surface area contributed by atoms with Gasteiger partial charge in [0, 0.05) is 18.8 Å². The second kappa shape index (κ2) is 4.16. The Morgan fingerprint density at radius 3 is 2.88 bits per heavy atom. The average molecular weight is 249 g/mol. The van der Waals surface area contributed by atoms with Crippen molar-refractivity contribution in [3.05, 3.63) is 17.7 Å². The SMILES string of the molecule is Cc1cc(N)cc2sc(N3CCOCC3)nc12. The van der Waals surface area contributed by atoms with Crippen molar-refractivity contribution in [2.24, 2.45) is 0 Å². The zero-order valence-corrected chi connectivity index (χ0v) is 10.6. The van der Waals surface area contributed by atoms with Crippen molar-refractivity contribution >= 4 is 32.4 Å². The van der Waals surface area contributed by atoms with Crippen LogP contribution in [0.15, 0.2) is 12.1 Å². The van der Waals surface area contributed by atoms with Gasteiger partial charge in [0.15, 0.2) is 5.13 Å². The summed E-state index contributed by atoms with van der Waals surface area (Å²) in [6.07, 6.45) is 0. The molecule has 0 radical (unpaired) electrons. The Balaban J connectivity index is 2.03. The topological polar surface area (TPSA) is 51.4 Å². The van der Waals surface area contributed by atoms with Crippen LogP contribution in [0.4, 0.5) is 10.8 Å². The molecule has 0 unspecified atom stereocenters. The number of fused-ring (bicyclic) bond motifs is 1. The minimum Gasteiger partial charge on any atom is -0.399 e. The van der Waals surface area contributed by atoms with Crippen molar-refractivity contribution in [2.45, 2.75) is 6.92 Å². The second-order valence-corrected chi connectivity index (χ2v) is 5.29. The molecule has 0 saturated carbocycles. The molecule has 2 N–H and O–H groups in total. The Morgan fingerprint density at radius 2 is 2.12 bits per heavy atom. The van der Waals surface area contributed by atoms with E-state index in [1.165, 1.54) is 4.70 Å². The van der Waals surface area contributed by atoms with Crippen molar-refractivity contribution in [1.29, 1.82) is 0 Å². The number of nitrogens with two attached hydrogens (primary N) is 1. The third-order valence-corrected chi connectivity index (χ3v) is 4.04. The van der Waals surface area contributed by atoms with Gasteiger partial charge in [-0.2, -0.15) is 0 Å².